The van der Waals surface area contributed by atoms with Crippen molar-refractivity contribution >= 4 is 17.1 Å². The number of benzene rings is 4. The lowest BCUT2D eigenvalue weighted by Gasteiger charge is -2.33. The number of nitriles is 1. The first kappa shape index (κ1) is 19.8. The Kier molecular flexibility index (Phi) is 4.79. The minimum absolute atomic E-state index is 0.613. The Labute approximate surface area is 198 Å². The zero-order valence-corrected chi connectivity index (χ0v) is 18.2. The summed E-state index contributed by atoms with van der Waals surface area (Å²) in [6.45, 7) is 0. The normalized spacial score (nSPS) is 11.7. The van der Waals surface area contributed by atoms with Crippen molar-refractivity contribution in [2.24, 2.45) is 0 Å². The molecule has 0 amide bonds. The Morgan fingerprint density at radius 1 is 0.676 bits per heavy atom. The highest BCUT2D eigenvalue weighted by molar-refractivity contribution is 5.87. The van der Waals surface area contributed by atoms with Gasteiger partial charge in [0.25, 0.3) is 0 Å². The largest absolute Gasteiger partial charge is 0.453 e. The highest BCUT2D eigenvalue weighted by Crippen LogP contribution is 2.50. The van der Waals surface area contributed by atoms with Crippen LogP contribution in [0.15, 0.2) is 116 Å². The van der Waals surface area contributed by atoms with Crippen LogP contribution < -0.4 is 9.64 Å². The van der Waals surface area contributed by atoms with E-state index in [-0.39, 0.29) is 0 Å². The summed E-state index contributed by atoms with van der Waals surface area (Å²) in [5, 5.41) is 9.51. The van der Waals surface area contributed by atoms with E-state index < -0.39 is 0 Å². The molecular weight excluding hydrogens is 418 g/mol. The molecule has 0 saturated heterocycles. The summed E-state index contributed by atoms with van der Waals surface area (Å²) in [4.78, 5) is 6.45. The molecule has 0 atom stereocenters. The number of ether oxygens (including phenoxy) is 1. The minimum Gasteiger partial charge on any atom is -0.453 e. The highest BCUT2D eigenvalue weighted by atomic mass is 16.5. The second kappa shape index (κ2) is 8.23. The van der Waals surface area contributed by atoms with E-state index in [2.05, 4.69) is 64.5 Å². The topological polar surface area (TPSA) is 49.2 Å². The first-order valence-electron chi connectivity index (χ1n) is 11.0. The predicted octanol–water partition coefficient (Wildman–Crippen LogP) is 7.86. The number of aromatic nitrogens is 1. The molecule has 0 unspecified atom stereocenters. The lowest BCUT2D eigenvalue weighted by atomic mass is 9.97. The summed E-state index contributed by atoms with van der Waals surface area (Å²) in [6, 6.07) is 36.9. The summed E-state index contributed by atoms with van der Waals surface area (Å²) in [5.74, 6) is 1.66. The standard InChI is InChI=1S/C30H19N3O/c31-19-24-15-16-32-20-26(24)23-9-5-7-21(17-23)22-8-6-10-25(18-22)33-27-11-1-3-13-29(27)34-30-14-4-2-12-28(30)33/h1-18,20H. The summed E-state index contributed by atoms with van der Waals surface area (Å²) >= 11 is 0. The van der Waals surface area contributed by atoms with Gasteiger partial charge in [-0.15, -0.1) is 0 Å². The first-order valence-corrected chi connectivity index (χ1v) is 11.0. The maximum Gasteiger partial charge on any atom is 0.151 e. The molecule has 0 radical (unpaired) electrons. The maximum absolute atomic E-state index is 9.51. The van der Waals surface area contributed by atoms with Crippen LogP contribution in [0.25, 0.3) is 22.3 Å². The van der Waals surface area contributed by atoms with Gasteiger partial charge in [0.2, 0.25) is 0 Å². The van der Waals surface area contributed by atoms with Crippen molar-refractivity contribution in [2.45, 2.75) is 0 Å². The number of rotatable bonds is 3. The number of para-hydroxylation sites is 4. The van der Waals surface area contributed by atoms with Gasteiger partial charge in [0, 0.05) is 23.6 Å². The van der Waals surface area contributed by atoms with Crippen molar-refractivity contribution < 1.29 is 4.74 Å². The number of anilines is 3. The van der Waals surface area contributed by atoms with Crippen molar-refractivity contribution in [3.05, 3.63) is 121 Å². The fraction of sp³-hybridized carbons (Fsp3) is 0. The van der Waals surface area contributed by atoms with Crippen molar-refractivity contribution in [3.63, 3.8) is 0 Å². The lowest BCUT2D eigenvalue weighted by Crippen LogP contribution is -2.15. The predicted molar refractivity (Wildman–Crippen MR) is 135 cm³/mol. The van der Waals surface area contributed by atoms with Gasteiger partial charge < -0.3 is 9.64 Å². The molecule has 1 aromatic heterocycles. The second-order valence-corrected chi connectivity index (χ2v) is 8.04. The van der Waals surface area contributed by atoms with Gasteiger partial charge in [0.1, 0.15) is 0 Å². The van der Waals surface area contributed by atoms with Crippen LogP contribution in [0.1, 0.15) is 5.56 Å². The fourth-order valence-corrected chi connectivity index (χ4v) is 4.40. The molecule has 4 heteroatoms. The molecule has 0 N–H and O–H groups in total. The van der Waals surface area contributed by atoms with E-state index in [4.69, 9.17) is 4.74 Å². The molecular formula is C30H19N3O. The molecule has 34 heavy (non-hydrogen) atoms. The van der Waals surface area contributed by atoms with Crippen LogP contribution in [0, 0.1) is 11.3 Å². The van der Waals surface area contributed by atoms with Crippen molar-refractivity contribution in [1.29, 1.82) is 5.26 Å². The lowest BCUT2D eigenvalue weighted by molar-refractivity contribution is 0.477. The Hall–Kier alpha value is -4.88. The summed E-state index contributed by atoms with van der Waals surface area (Å²) in [6.07, 6.45) is 3.39. The Morgan fingerprint density at radius 3 is 2.06 bits per heavy atom. The van der Waals surface area contributed by atoms with Gasteiger partial charge in [-0.05, 0) is 65.2 Å². The number of nitrogens with zero attached hydrogens (tertiary/aromatic N) is 3. The van der Waals surface area contributed by atoms with E-state index in [1.54, 1.807) is 18.5 Å². The van der Waals surface area contributed by atoms with E-state index in [0.717, 1.165) is 50.8 Å². The van der Waals surface area contributed by atoms with Crippen molar-refractivity contribution in [3.8, 4) is 39.8 Å². The molecule has 0 spiro atoms. The molecule has 5 aromatic rings. The number of fused-ring (bicyclic) bond motifs is 2. The Bertz CT molecular complexity index is 1520. The van der Waals surface area contributed by atoms with E-state index in [9.17, 15) is 5.26 Å². The van der Waals surface area contributed by atoms with Gasteiger partial charge in [-0.1, -0.05) is 54.6 Å². The summed E-state index contributed by atoms with van der Waals surface area (Å²) in [5.41, 5.74) is 7.62. The van der Waals surface area contributed by atoms with Crippen LogP contribution in [-0.4, -0.2) is 4.98 Å². The third kappa shape index (κ3) is 3.37. The average molecular weight is 438 g/mol. The zero-order chi connectivity index (χ0) is 22.9. The molecule has 0 fully saturated rings. The number of hydrogen-bond acceptors (Lipinski definition) is 4. The Morgan fingerprint density at radius 2 is 1.32 bits per heavy atom. The summed E-state index contributed by atoms with van der Waals surface area (Å²) < 4.78 is 6.16. The molecule has 1 aliphatic rings. The van der Waals surface area contributed by atoms with E-state index in [0.29, 0.717) is 5.56 Å². The highest BCUT2D eigenvalue weighted by Gasteiger charge is 2.25. The van der Waals surface area contributed by atoms with E-state index in [1.165, 1.54) is 0 Å². The molecule has 2 heterocycles. The summed E-state index contributed by atoms with van der Waals surface area (Å²) in [7, 11) is 0. The van der Waals surface area contributed by atoms with E-state index >= 15 is 0 Å². The molecule has 160 valence electrons. The fourth-order valence-electron chi connectivity index (χ4n) is 4.40. The maximum atomic E-state index is 9.51. The minimum atomic E-state index is 0.613. The molecule has 0 bridgehead atoms. The van der Waals surface area contributed by atoms with Crippen molar-refractivity contribution in [2.75, 3.05) is 4.90 Å². The van der Waals surface area contributed by atoms with Crippen LogP contribution in [0.3, 0.4) is 0 Å². The Balaban J connectivity index is 1.46. The van der Waals surface area contributed by atoms with Gasteiger partial charge in [0.05, 0.1) is 23.0 Å². The van der Waals surface area contributed by atoms with Gasteiger partial charge >= 0.3 is 0 Å². The smallest absolute Gasteiger partial charge is 0.151 e. The van der Waals surface area contributed by atoms with Crippen molar-refractivity contribution in [1.82, 2.24) is 4.98 Å². The molecule has 0 aliphatic carbocycles. The number of hydrogen-bond donors (Lipinski definition) is 0. The quantitative estimate of drug-likeness (QED) is 0.283. The zero-order valence-electron chi connectivity index (χ0n) is 18.2. The van der Waals surface area contributed by atoms with Gasteiger partial charge in [-0.2, -0.15) is 5.26 Å². The van der Waals surface area contributed by atoms with Gasteiger partial charge in [-0.3, -0.25) is 4.98 Å². The van der Waals surface area contributed by atoms with Crippen LogP contribution in [-0.2, 0) is 0 Å². The average Bonchev–Trinajstić information content (AvgIpc) is 2.91. The molecule has 1 aliphatic heterocycles. The third-order valence-electron chi connectivity index (χ3n) is 5.99. The molecule has 4 nitrogen and oxygen atoms in total. The SMILES string of the molecule is N#Cc1ccncc1-c1cccc(-c2cccc(N3c4ccccc4Oc4ccccc43)c2)c1. The molecule has 6 rings (SSSR count). The third-order valence-corrected chi connectivity index (χ3v) is 5.99. The van der Waals surface area contributed by atoms with E-state index in [1.807, 2.05) is 48.5 Å². The van der Waals surface area contributed by atoms with Crippen LogP contribution >= 0.6 is 0 Å². The van der Waals surface area contributed by atoms with Crippen LogP contribution in [0.5, 0.6) is 11.5 Å². The molecule has 0 saturated carbocycles. The molecule has 4 aromatic carbocycles. The monoisotopic (exact) mass is 437 g/mol. The second-order valence-electron chi connectivity index (χ2n) is 8.04. The van der Waals surface area contributed by atoms with Gasteiger partial charge in [0.15, 0.2) is 11.5 Å². The first-order chi connectivity index (χ1) is 16.8. The van der Waals surface area contributed by atoms with Crippen LogP contribution in [0.4, 0.5) is 17.1 Å². The number of pyridine rings is 1. The van der Waals surface area contributed by atoms with Gasteiger partial charge in [-0.25, -0.2) is 0 Å². The van der Waals surface area contributed by atoms with Crippen LogP contribution in [0.2, 0.25) is 0 Å².